The van der Waals surface area contributed by atoms with E-state index in [0.29, 0.717) is 6.54 Å². The summed E-state index contributed by atoms with van der Waals surface area (Å²) in [5, 5.41) is 8.93. The van der Waals surface area contributed by atoms with Gasteiger partial charge in [0, 0.05) is 12.0 Å². The molecule has 1 atom stereocenters. The molecule has 1 aromatic carbocycles. The van der Waals surface area contributed by atoms with Crippen molar-refractivity contribution < 1.29 is 14.6 Å². The minimum absolute atomic E-state index is 0.0217. The van der Waals surface area contributed by atoms with Gasteiger partial charge in [0.25, 0.3) is 0 Å². The summed E-state index contributed by atoms with van der Waals surface area (Å²) in [7, 11) is 0. The maximum Gasteiger partial charge on any atom is 0.304 e. The molecule has 0 aliphatic rings. The van der Waals surface area contributed by atoms with Gasteiger partial charge < -0.3 is 15.6 Å². The first-order valence-electron chi connectivity index (χ1n) is 6.06. The molecular weight excluding hydrogens is 230 g/mol. The van der Waals surface area contributed by atoms with E-state index in [4.69, 9.17) is 15.6 Å². The molecule has 18 heavy (non-hydrogen) atoms. The van der Waals surface area contributed by atoms with Crippen LogP contribution in [0.1, 0.15) is 32.8 Å². The van der Waals surface area contributed by atoms with Crippen LogP contribution in [-0.2, 0) is 10.2 Å². The fourth-order valence-electron chi connectivity index (χ4n) is 1.83. The van der Waals surface area contributed by atoms with Gasteiger partial charge in [-0.1, -0.05) is 19.1 Å². The molecule has 0 spiro atoms. The molecule has 0 heterocycles. The maximum absolute atomic E-state index is 10.9. The fraction of sp³-hybridized carbons (Fsp3) is 0.500. The second-order valence-electron chi connectivity index (χ2n) is 5.03. The molecule has 4 nitrogen and oxygen atoms in total. The van der Waals surface area contributed by atoms with Gasteiger partial charge in [0.05, 0.1) is 12.5 Å². The predicted octanol–water partition coefficient (Wildman–Crippen LogP) is 2.16. The van der Waals surface area contributed by atoms with Crippen molar-refractivity contribution in [3.05, 3.63) is 29.8 Å². The summed E-state index contributed by atoms with van der Waals surface area (Å²) < 4.78 is 5.55. The summed E-state index contributed by atoms with van der Waals surface area (Å²) in [6.07, 6.45) is 0.143. The van der Waals surface area contributed by atoms with Crippen molar-refractivity contribution in [2.24, 2.45) is 5.73 Å². The van der Waals surface area contributed by atoms with Gasteiger partial charge in [-0.05, 0) is 31.5 Å². The van der Waals surface area contributed by atoms with Crippen LogP contribution in [0, 0.1) is 0 Å². The summed E-state index contributed by atoms with van der Waals surface area (Å²) in [5.41, 5.74) is 6.09. The molecule has 1 unspecified atom stereocenters. The fourth-order valence-corrected chi connectivity index (χ4v) is 1.83. The Morgan fingerprint density at radius 3 is 2.33 bits per heavy atom. The molecule has 0 fully saturated rings. The van der Waals surface area contributed by atoms with Crippen molar-refractivity contribution in [2.45, 2.75) is 38.7 Å². The summed E-state index contributed by atoms with van der Waals surface area (Å²) >= 11 is 0. The van der Waals surface area contributed by atoms with Gasteiger partial charge in [-0.2, -0.15) is 0 Å². The average molecular weight is 251 g/mol. The molecule has 0 saturated heterocycles. The third-order valence-corrected chi connectivity index (χ3v) is 2.91. The van der Waals surface area contributed by atoms with Crippen LogP contribution >= 0.6 is 0 Å². The van der Waals surface area contributed by atoms with Crippen LogP contribution in [-0.4, -0.2) is 23.7 Å². The molecule has 0 radical (unpaired) electrons. The molecule has 0 saturated carbocycles. The van der Waals surface area contributed by atoms with Crippen molar-refractivity contribution in [3.63, 3.8) is 0 Å². The first-order chi connectivity index (χ1) is 8.37. The third-order valence-electron chi connectivity index (χ3n) is 2.91. The lowest BCUT2D eigenvalue weighted by Crippen LogP contribution is -2.34. The molecular formula is C14H21NO3. The van der Waals surface area contributed by atoms with Crippen LogP contribution in [0.2, 0.25) is 0 Å². The Morgan fingerprint density at radius 2 is 1.94 bits per heavy atom. The second-order valence-corrected chi connectivity index (χ2v) is 5.03. The minimum atomic E-state index is -0.842. The highest BCUT2D eigenvalue weighted by Gasteiger charge is 2.28. The van der Waals surface area contributed by atoms with Crippen molar-refractivity contribution in [3.8, 4) is 5.75 Å². The predicted molar refractivity (Wildman–Crippen MR) is 70.9 cm³/mol. The van der Waals surface area contributed by atoms with Gasteiger partial charge in [0.1, 0.15) is 5.75 Å². The monoisotopic (exact) mass is 251 g/mol. The van der Waals surface area contributed by atoms with Crippen LogP contribution in [0.3, 0.4) is 0 Å². The molecule has 0 bridgehead atoms. The highest BCUT2D eigenvalue weighted by molar-refractivity contribution is 5.69. The number of nitrogens with two attached hydrogens (primary N) is 1. The molecule has 0 amide bonds. The number of rotatable bonds is 6. The van der Waals surface area contributed by atoms with Crippen molar-refractivity contribution in [2.75, 3.05) is 6.54 Å². The Balaban J connectivity index is 2.91. The minimum Gasteiger partial charge on any atom is -0.491 e. The summed E-state index contributed by atoms with van der Waals surface area (Å²) in [4.78, 5) is 10.9. The molecule has 0 aromatic heterocycles. The zero-order valence-corrected chi connectivity index (χ0v) is 11.1. The van der Waals surface area contributed by atoms with E-state index in [1.165, 1.54) is 0 Å². The molecule has 0 aliphatic carbocycles. The van der Waals surface area contributed by atoms with Gasteiger partial charge in [0.15, 0.2) is 0 Å². The van der Waals surface area contributed by atoms with Crippen LogP contribution in [0.25, 0.3) is 0 Å². The zero-order valence-electron chi connectivity index (χ0n) is 11.1. The van der Waals surface area contributed by atoms with Crippen molar-refractivity contribution in [1.29, 1.82) is 0 Å². The first-order valence-corrected chi connectivity index (χ1v) is 6.06. The topological polar surface area (TPSA) is 72.5 Å². The molecule has 1 rings (SSSR count). The molecule has 100 valence electrons. The lowest BCUT2D eigenvalue weighted by atomic mass is 9.79. The SMILES string of the molecule is CC(C)Oc1ccc(C(C)(CN)CC(=O)O)cc1. The Bertz CT molecular complexity index is 400. The van der Waals surface area contributed by atoms with Crippen LogP contribution in [0.4, 0.5) is 0 Å². The normalized spacial score (nSPS) is 14.3. The van der Waals surface area contributed by atoms with Crippen LogP contribution < -0.4 is 10.5 Å². The van der Waals surface area contributed by atoms with E-state index in [1.807, 2.05) is 45.0 Å². The number of carboxylic acids is 1. The Morgan fingerprint density at radius 1 is 1.39 bits per heavy atom. The lowest BCUT2D eigenvalue weighted by Gasteiger charge is -2.27. The Labute approximate surface area is 108 Å². The number of aliphatic carboxylic acids is 1. The largest absolute Gasteiger partial charge is 0.491 e. The average Bonchev–Trinajstić information content (AvgIpc) is 2.28. The highest BCUT2D eigenvalue weighted by atomic mass is 16.5. The van der Waals surface area contributed by atoms with Gasteiger partial charge in [-0.15, -0.1) is 0 Å². The maximum atomic E-state index is 10.9. The summed E-state index contributed by atoms with van der Waals surface area (Å²) in [6, 6.07) is 7.47. The van der Waals surface area contributed by atoms with E-state index < -0.39 is 11.4 Å². The first kappa shape index (κ1) is 14.5. The number of carboxylic acid groups (broad SMARTS) is 1. The van der Waals surface area contributed by atoms with E-state index >= 15 is 0 Å². The number of hydrogen-bond acceptors (Lipinski definition) is 3. The highest BCUT2D eigenvalue weighted by Crippen LogP contribution is 2.28. The number of hydrogen-bond donors (Lipinski definition) is 2. The number of benzene rings is 1. The zero-order chi connectivity index (χ0) is 13.8. The van der Waals surface area contributed by atoms with E-state index in [0.717, 1.165) is 11.3 Å². The summed E-state index contributed by atoms with van der Waals surface area (Å²) in [6.45, 7) is 6.08. The molecule has 1 aromatic rings. The number of carbonyl (C=O) groups is 1. The van der Waals surface area contributed by atoms with Crippen molar-refractivity contribution >= 4 is 5.97 Å². The van der Waals surface area contributed by atoms with Crippen LogP contribution in [0.5, 0.6) is 5.75 Å². The quantitative estimate of drug-likeness (QED) is 0.812. The third kappa shape index (κ3) is 3.74. The Hall–Kier alpha value is -1.55. The second kappa shape index (κ2) is 5.87. The molecule has 4 heteroatoms. The van der Waals surface area contributed by atoms with Crippen LogP contribution in [0.15, 0.2) is 24.3 Å². The lowest BCUT2D eigenvalue weighted by molar-refractivity contribution is -0.138. The molecule has 3 N–H and O–H groups in total. The summed E-state index contributed by atoms with van der Waals surface area (Å²) in [5.74, 6) is -0.0612. The molecule has 0 aliphatic heterocycles. The van der Waals surface area contributed by atoms with E-state index in [-0.39, 0.29) is 12.5 Å². The van der Waals surface area contributed by atoms with E-state index in [1.54, 1.807) is 0 Å². The smallest absolute Gasteiger partial charge is 0.304 e. The Kier molecular flexibility index (Phi) is 4.73. The van der Waals surface area contributed by atoms with Gasteiger partial charge in [0.2, 0.25) is 0 Å². The number of ether oxygens (including phenoxy) is 1. The standard InChI is InChI=1S/C14H21NO3/c1-10(2)18-12-6-4-11(5-7-12)14(3,9-15)8-13(16)17/h4-7,10H,8-9,15H2,1-3H3,(H,16,17). The van der Waals surface area contributed by atoms with E-state index in [9.17, 15) is 4.79 Å². The van der Waals surface area contributed by atoms with Gasteiger partial charge >= 0.3 is 5.97 Å². The van der Waals surface area contributed by atoms with Crippen molar-refractivity contribution in [1.82, 2.24) is 0 Å². The van der Waals surface area contributed by atoms with Gasteiger partial charge in [-0.25, -0.2) is 0 Å². The van der Waals surface area contributed by atoms with Gasteiger partial charge in [-0.3, -0.25) is 4.79 Å². The van der Waals surface area contributed by atoms with E-state index in [2.05, 4.69) is 0 Å².